The molecule has 31 heavy (non-hydrogen) atoms. The maximum atomic E-state index is 4.89. The van der Waals surface area contributed by atoms with Gasteiger partial charge in [0.05, 0.1) is 34.1 Å². The second-order valence-electron chi connectivity index (χ2n) is 7.38. The van der Waals surface area contributed by atoms with Crippen LogP contribution in [-0.2, 0) is 0 Å². The van der Waals surface area contributed by atoms with Crippen molar-refractivity contribution in [3.63, 3.8) is 0 Å². The summed E-state index contributed by atoms with van der Waals surface area (Å²) in [7, 11) is 0. The highest BCUT2D eigenvalue weighted by Crippen LogP contribution is 2.32. The van der Waals surface area contributed by atoms with Gasteiger partial charge in [-0.3, -0.25) is 20.1 Å². The lowest BCUT2D eigenvalue weighted by molar-refractivity contribution is 1.10. The number of pyridine rings is 3. The van der Waals surface area contributed by atoms with E-state index >= 15 is 0 Å². The number of nitrogens with one attached hydrogen (secondary N) is 2. The highest BCUT2D eigenvalue weighted by Gasteiger charge is 2.16. The van der Waals surface area contributed by atoms with Crippen molar-refractivity contribution in [2.45, 2.75) is 6.92 Å². The van der Waals surface area contributed by atoms with E-state index in [1.165, 1.54) is 0 Å². The van der Waals surface area contributed by atoms with Crippen molar-refractivity contribution < 1.29 is 0 Å². The number of aromatic nitrogens is 7. The smallest absolute Gasteiger partial charge is 0.159 e. The van der Waals surface area contributed by atoms with E-state index in [1.54, 1.807) is 18.6 Å². The van der Waals surface area contributed by atoms with E-state index in [0.29, 0.717) is 5.82 Å². The van der Waals surface area contributed by atoms with Gasteiger partial charge in [0, 0.05) is 35.1 Å². The number of nitrogens with zero attached hydrogens (tertiary/aromatic N) is 5. The molecule has 0 aliphatic heterocycles. The molecule has 0 amide bonds. The maximum Gasteiger partial charge on any atom is 0.159 e. The fraction of sp³-hybridized carbons (Fsp3) is 0.0417. The minimum atomic E-state index is 0.699. The van der Waals surface area contributed by atoms with E-state index in [-0.39, 0.29) is 0 Å². The minimum Gasteiger partial charge on any atom is -0.337 e. The summed E-state index contributed by atoms with van der Waals surface area (Å²) in [6.45, 7) is 2.05. The normalized spacial score (nSPS) is 11.4. The molecule has 0 spiro atoms. The summed E-state index contributed by atoms with van der Waals surface area (Å²) >= 11 is 0. The summed E-state index contributed by atoms with van der Waals surface area (Å²) in [4.78, 5) is 21.6. The number of imidazole rings is 1. The zero-order chi connectivity index (χ0) is 20.8. The van der Waals surface area contributed by atoms with Crippen LogP contribution in [0.3, 0.4) is 0 Å². The van der Waals surface area contributed by atoms with Crippen LogP contribution in [0.4, 0.5) is 0 Å². The lowest BCUT2D eigenvalue weighted by atomic mass is 10.1. The molecule has 1 aromatic carbocycles. The fourth-order valence-corrected chi connectivity index (χ4v) is 3.85. The van der Waals surface area contributed by atoms with Crippen LogP contribution in [0, 0.1) is 6.92 Å². The molecule has 0 saturated heterocycles. The molecule has 0 saturated carbocycles. The van der Waals surface area contributed by atoms with Gasteiger partial charge in [-0.15, -0.1) is 0 Å². The van der Waals surface area contributed by atoms with Crippen molar-refractivity contribution in [3.8, 4) is 34.0 Å². The maximum absolute atomic E-state index is 4.89. The van der Waals surface area contributed by atoms with Crippen LogP contribution < -0.4 is 0 Å². The number of aromatic amines is 2. The molecule has 7 heteroatoms. The van der Waals surface area contributed by atoms with Gasteiger partial charge in [0.1, 0.15) is 5.69 Å². The van der Waals surface area contributed by atoms with Gasteiger partial charge in [-0.1, -0.05) is 18.2 Å². The van der Waals surface area contributed by atoms with Gasteiger partial charge in [0.15, 0.2) is 5.82 Å². The molecule has 0 fully saturated rings. The summed E-state index contributed by atoms with van der Waals surface area (Å²) in [5.74, 6) is 0.699. The lowest BCUT2D eigenvalue weighted by Gasteiger charge is -2.04. The molecule has 2 N–H and O–H groups in total. The largest absolute Gasteiger partial charge is 0.337 e. The quantitative estimate of drug-likeness (QED) is 0.437. The van der Waals surface area contributed by atoms with Crippen LogP contribution in [0.1, 0.15) is 5.56 Å². The molecule has 0 aliphatic carbocycles. The van der Waals surface area contributed by atoms with Crippen molar-refractivity contribution >= 4 is 21.9 Å². The Hall–Kier alpha value is -4.39. The number of benzene rings is 1. The molecule has 0 bridgehead atoms. The Morgan fingerprint density at radius 2 is 1.77 bits per heavy atom. The molecule has 148 valence electrons. The predicted octanol–water partition coefficient (Wildman–Crippen LogP) is 4.93. The number of fused-ring (bicyclic) bond motifs is 2. The molecule has 6 aromatic rings. The van der Waals surface area contributed by atoms with Crippen molar-refractivity contribution in [2.75, 3.05) is 0 Å². The van der Waals surface area contributed by atoms with Gasteiger partial charge in [-0.05, 0) is 42.8 Å². The Balaban J connectivity index is 1.52. The van der Waals surface area contributed by atoms with Crippen molar-refractivity contribution in [1.29, 1.82) is 0 Å². The first kappa shape index (κ1) is 17.5. The summed E-state index contributed by atoms with van der Waals surface area (Å²) in [5, 5.41) is 8.55. The topological polar surface area (TPSA) is 96.0 Å². The molecule has 6 rings (SSSR count). The monoisotopic (exact) mass is 403 g/mol. The number of rotatable bonds is 3. The third-order valence-corrected chi connectivity index (χ3v) is 5.44. The number of hydrogen-bond acceptors (Lipinski definition) is 5. The van der Waals surface area contributed by atoms with E-state index in [4.69, 9.17) is 4.98 Å². The Kier molecular flexibility index (Phi) is 3.86. The highest BCUT2D eigenvalue weighted by molar-refractivity contribution is 5.97. The second kappa shape index (κ2) is 6.84. The SMILES string of the molecule is Cc1ccncc1-c1cc2c(-c3nc4c(-c5ccccn5)cccc4[nH]3)n[nH]c2cn1. The number of H-pyrrole nitrogens is 2. The first-order valence-electron chi connectivity index (χ1n) is 9.93. The van der Waals surface area contributed by atoms with Gasteiger partial charge in [-0.2, -0.15) is 5.10 Å². The third-order valence-electron chi connectivity index (χ3n) is 5.44. The van der Waals surface area contributed by atoms with Crippen LogP contribution in [0.15, 0.2) is 73.3 Å². The van der Waals surface area contributed by atoms with Gasteiger partial charge < -0.3 is 4.98 Å². The Labute approximate surface area is 177 Å². The number of hydrogen-bond donors (Lipinski definition) is 2. The average molecular weight is 403 g/mol. The molecular weight excluding hydrogens is 386 g/mol. The van der Waals surface area contributed by atoms with Crippen molar-refractivity contribution in [1.82, 2.24) is 35.1 Å². The molecule has 5 aromatic heterocycles. The van der Waals surface area contributed by atoms with Gasteiger partial charge in [0.25, 0.3) is 0 Å². The first-order valence-corrected chi connectivity index (χ1v) is 9.93. The van der Waals surface area contributed by atoms with Crippen LogP contribution in [0.2, 0.25) is 0 Å². The van der Waals surface area contributed by atoms with E-state index in [1.807, 2.05) is 54.7 Å². The molecule has 0 radical (unpaired) electrons. The van der Waals surface area contributed by atoms with E-state index in [0.717, 1.165) is 55.7 Å². The second-order valence-corrected chi connectivity index (χ2v) is 7.38. The molecule has 0 atom stereocenters. The van der Waals surface area contributed by atoms with E-state index < -0.39 is 0 Å². The molecule has 0 unspecified atom stereocenters. The van der Waals surface area contributed by atoms with Gasteiger partial charge in [0.2, 0.25) is 0 Å². The zero-order valence-corrected chi connectivity index (χ0v) is 16.7. The predicted molar refractivity (Wildman–Crippen MR) is 120 cm³/mol. The van der Waals surface area contributed by atoms with Crippen molar-refractivity contribution in [3.05, 3.63) is 78.9 Å². The highest BCUT2D eigenvalue weighted by atomic mass is 15.1. The number of aryl methyl sites for hydroxylation is 1. The fourth-order valence-electron chi connectivity index (χ4n) is 3.85. The Morgan fingerprint density at radius 3 is 2.65 bits per heavy atom. The summed E-state index contributed by atoms with van der Waals surface area (Å²) in [6, 6.07) is 15.9. The van der Waals surface area contributed by atoms with Gasteiger partial charge in [-0.25, -0.2) is 4.98 Å². The zero-order valence-electron chi connectivity index (χ0n) is 16.7. The van der Waals surface area contributed by atoms with Crippen LogP contribution in [0.25, 0.3) is 56.0 Å². The standard InChI is InChI=1S/C24H17N7/c1-14-8-10-25-12-17(14)20-11-16-21(13-27-20)30-31-23(16)24-28-19-7-4-5-15(22(19)29-24)18-6-2-3-9-26-18/h2-13H,1H3,(H,28,29)(H,30,31). The molecule has 7 nitrogen and oxygen atoms in total. The van der Waals surface area contributed by atoms with Crippen LogP contribution in [0.5, 0.6) is 0 Å². The van der Waals surface area contributed by atoms with Crippen molar-refractivity contribution in [2.24, 2.45) is 0 Å². The average Bonchev–Trinajstić information content (AvgIpc) is 3.43. The van der Waals surface area contributed by atoms with E-state index in [9.17, 15) is 0 Å². The first-order chi connectivity index (χ1) is 15.3. The van der Waals surface area contributed by atoms with Crippen LogP contribution >= 0.6 is 0 Å². The summed E-state index contributed by atoms with van der Waals surface area (Å²) in [5.41, 5.74) is 8.25. The molecular formula is C24H17N7. The lowest BCUT2D eigenvalue weighted by Crippen LogP contribution is -1.89. The number of para-hydroxylation sites is 1. The van der Waals surface area contributed by atoms with E-state index in [2.05, 4.69) is 37.1 Å². The third kappa shape index (κ3) is 2.86. The summed E-state index contributed by atoms with van der Waals surface area (Å²) < 4.78 is 0. The molecule has 0 aliphatic rings. The molecule has 5 heterocycles. The van der Waals surface area contributed by atoms with Gasteiger partial charge >= 0.3 is 0 Å². The van der Waals surface area contributed by atoms with Crippen LogP contribution in [-0.4, -0.2) is 35.1 Å². The Bertz CT molecular complexity index is 1550. The summed E-state index contributed by atoms with van der Waals surface area (Å²) in [6.07, 6.45) is 7.21. The Morgan fingerprint density at radius 1 is 0.806 bits per heavy atom. The minimum absolute atomic E-state index is 0.699.